The van der Waals surface area contributed by atoms with Crippen LogP contribution in [-0.2, 0) is 0 Å². The topological polar surface area (TPSA) is 103 Å². The van der Waals surface area contributed by atoms with Crippen LogP contribution in [-0.4, -0.2) is 30.6 Å². The standard InChI is InChI=1S/C24H15ClF2N6O2S/c25-17-12-28-18(22(26)27)9-15(17)14-10-19(33-8-2-1-3-21(33)34)29-11-16(14)23(35)30-24-32-31-20(36-24)7-6-13-4-5-13/h1-3,8-13,22H,4-5H2,(H,30,32,35). The fourth-order valence-corrected chi connectivity index (χ4v) is 4.06. The van der Waals surface area contributed by atoms with Gasteiger partial charge in [0.2, 0.25) is 5.13 Å². The molecule has 12 heteroatoms. The summed E-state index contributed by atoms with van der Waals surface area (Å²) in [5, 5.41) is 11.3. The minimum Gasteiger partial charge on any atom is -0.296 e. The fourth-order valence-electron chi connectivity index (χ4n) is 3.26. The maximum Gasteiger partial charge on any atom is 0.280 e. The lowest BCUT2D eigenvalue weighted by Crippen LogP contribution is -2.19. The molecule has 0 aromatic carbocycles. The molecule has 1 aliphatic rings. The maximum atomic E-state index is 13.4. The smallest absolute Gasteiger partial charge is 0.280 e. The Hall–Kier alpha value is -4.01. The summed E-state index contributed by atoms with van der Waals surface area (Å²) in [5.41, 5.74) is -0.541. The molecule has 1 fully saturated rings. The van der Waals surface area contributed by atoms with Crippen LogP contribution >= 0.6 is 22.9 Å². The number of carbonyl (C=O) groups excluding carboxylic acids is 1. The molecule has 0 spiro atoms. The lowest BCUT2D eigenvalue weighted by Gasteiger charge is -2.14. The van der Waals surface area contributed by atoms with Gasteiger partial charge in [0.1, 0.15) is 11.5 Å². The summed E-state index contributed by atoms with van der Waals surface area (Å²) in [6, 6.07) is 7.08. The van der Waals surface area contributed by atoms with Crippen molar-refractivity contribution in [1.29, 1.82) is 0 Å². The van der Waals surface area contributed by atoms with E-state index in [1.807, 2.05) is 0 Å². The van der Waals surface area contributed by atoms with Crippen LogP contribution in [0.25, 0.3) is 16.9 Å². The second-order valence-corrected chi connectivity index (χ2v) is 9.18. The van der Waals surface area contributed by atoms with Gasteiger partial charge in [-0.1, -0.05) is 34.9 Å². The Morgan fingerprint density at radius 1 is 1.17 bits per heavy atom. The number of nitrogens with zero attached hydrogens (tertiary/aromatic N) is 5. The molecule has 1 amide bonds. The van der Waals surface area contributed by atoms with Gasteiger partial charge in [0.25, 0.3) is 17.9 Å². The van der Waals surface area contributed by atoms with Gasteiger partial charge in [-0.2, -0.15) is 0 Å². The Labute approximate surface area is 212 Å². The number of hydrogen-bond donors (Lipinski definition) is 1. The molecule has 0 saturated heterocycles. The number of halogens is 3. The zero-order valence-corrected chi connectivity index (χ0v) is 19.9. The molecule has 0 atom stereocenters. The molecular weight excluding hydrogens is 510 g/mol. The first-order valence-electron chi connectivity index (χ1n) is 10.7. The molecule has 0 aliphatic heterocycles. The number of pyridine rings is 3. The summed E-state index contributed by atoms with van der Waals surface area (Å²) in [5.74, 6) is 5.95. The summed E-state index contributed by atoms with van der Waals surface area (Å²) in [6.45, 7) is 0. The number of hydrogen-bond acceptors (Lipinski definition) is 7. The molecule has 0 bridgehead atoms. The Morgan fingerprint density at radius 2 is 2.00 bits per heavy atom. The molecule has 1 aliphatic carbocycles. The Kier molecular flexibility index (Phi) is 6.54. The summed E-state index contributed by atoms with van der Waals surface area (Å²) < 4.78 is 28.0. The molecule has 8 nitrogen and oxygen atoms in total. The van der Waals surface area contributed by atoms with Crippen molar-refractivity contribution in [3.8, 4) is 28.8 Å². The fraction of sp³-hybridized carbons (Fsp3) is 0.167. The van der Waals surface area contributed by atoms with E-state index in [1.54, 1.807) is 12.1 Å². The van der Waals surface area contributed by atoms with E-state index in [2.05, 4.69) is 37.3 Å². The van der Waals surface area contributed by atoms with Crippen molar-refractivity contribution in [1.82, 2.24) is 24.7 Å². The van der Waals surface area contributed by atoms with Crippen molar-refractivity contribution in [2.75, 3.05) is 5.32 Å². The Bertz CT molecular complexity index is 1590. The van der Waals surface area contributed by atoms with Crippen LogP contribution in [0.1, 0.15) is 40.3 Å². The zero-order chi connectivity index (χ0) is 25.2. The predicted octanol–water partition coefficient (Wildman–Crippen LogP) is 4.75. The van der Waals surface area contributed by atoms with Crippen molar-refractivity contribution in [2.24, 2.45) is 5.92 Å². The highest BCUT2D eigenvalue weighted by molar-refractivity contribution is 7.15. The number of anilines is 1. The number of alkyl halides is 2. The zero-order valence-electron chi connectivity index (χ0n) is 18.3. The maximum absolute atomic E-state index is 13.4. The van der Waals surface area contributed by atoms with Gasteiger partial charge in [0.05, 0.1) is 10.6 Å². The molecule has 4 aromatic heterocycles. The molecule has 4 aromatic rings. The normalized spacial score (nSPS) is 12.8. The predicted molar refractivity (Wildman–Crippen MR) is 130 cm³/mol. The summed E-state index contributed by atoms with van der Waals surface area (Å²) in [4.78, 5) is 33.4. The number of rotatable bonds is 5. The lowest BCUT2D eigenvalue weighted by atomic mass is 10.0. The SMILES string of the molecule is O=C(Nc1nnc(C#CC2CC2)s1)c1cnc(-n2ccccc2=O)cc1-c1cc(C(F)F)ncc1Cl. The lowest BCUT2D eigenvalue weighted by molar-refractivity contribution is 0.102. The van der Waals surface area contributed by atoms with Crippen molar-refractivity contribution >= 4 is 34.0 Å². The van der Waals surface area contributed by atoms with Gasteiger partial charge >= 0.3 is 0 Å². The number of aromatic nitrogens is 5. The van der Waals surface area contributed by atoms with Crippen LogP contribution < -0.4 is 10.9 Å². The van der Waals surface area contributed by atoms with Gasteiger partial charge in [-0.15, -0.1) is 10.2 Å². The van der Waals surface area contributed by atoms with E-state index in [0.29, 0.717) is 10.9 Å². The van der Waals surface area contributed by atoms with Gasteiger partial charge in [0, 0.05) is 41.7 Å². The van der Waals surface area contributed by atoms with Crippen molar-refractivity contribution < 1.29 is 13.6 Å². The summed E-state index contributed by atoms with van der Waals surface area (Å²) in [7, 11) is 0. The Balaban J connectivity index is 1.56. The molecule has 180 valence electrons. The average molecular weight is 525 g/mol. The summed E-state index contributed by atoms with van der Waals surface area (Å²) in [6.07, 6.45) is 3.12. The van der Waals surface area contributed by atoms with E-state index in [1.165, 1.54) is 29.1 Å². The van der Waals surface area contributed by atoms with Crippen LogP contribution in [0.4, 0.5) is 13.9 Å². The van der Waals surface area contributed by atoms with E-state index in [4.69, 9.17) is 11.6 Å². The van der Waals surface area contributed by atoms with Gasteiger partial charge in [-0.25, -0.2) is 13.8 Å². The van der Waals surface area contributed by atoms with E-state index in [-0.39, 0.29) is 38.2 Å². The van der Waals surface area contributed by atoms with Crippen molar-refractivity contribution in [3.63, 3.8) is 0 Å². The second-order valence-electron chi connectivity index (χ2n) is 7.80. The van der Waals surface area contributed by atoms with Gasteiger partial charge < -0.3 is 0 Å². The quantitative estimate of drug-likeness (QED) is 0.378. The number of nitrogens with one attached hydrogen (secondary N) is 1. The molecule has 1 N–H and O–H groups in total. The highest BCUT2D eigenvalue weighted by Crippen LogP contribution is 2.34. The molecule has 1 saturated carbocycles. The van der Waals surface area contributed by atoms with Gasteiger partial charge in [0.15, 0.2) is 5.01 Å². The van der Waals surface area contributed by atoms with E-state index >= 15 is 0 Å². The summed E-state index contributed by atoms with van der Waals surface area (Å²) >= 11 is 7.42. The van der Waals surface area contributed by atoms with E-state index in [0.717, 1.165) is 36.4 Å². The van der Waals surface area contributed by atoms with Crippen molar-refractivity contribution in [2.45, 2.75) is 19.3 Å². The van der Waals surface area contributed by atoms with Gasteiger partial charge in [-0.05, 0) is 37.0 Å². The monoisotopic (exact) mass is 524 g/mol. The third-order valence-electron chi connectivity index (χ3n) is 5.20. The highest BCUT2D eigenvalue weighted by Gasteiger charge is 2.22. The first-order valence-corrected chi connectivity index (χ1v) is 11.9. The highest BCUT2D eigenvalue weighted by atomic mass is 35.5. The Morgan fingerprint density at radius 3 is 2.75 bits per heavy atom. The van der Waals surface area contributed by atoms with Crippen molar-refractivity contribution in [3.05, 3.63) is 80.6 Å². The molecule has 5 rings (SSSR count). The third-order valence-corrected chi connectivity index (χ3v) is 6.26. The van der Waals surface area contributed by atoms with Crippen LogP contribution in [0.3, 0.4) is 0 Å². The third kappa shape index (κ3) is 5.15. The van der Waals surface area contributed by atoms with E-state index in [9.17, 15) is 18.4 Å². The molecule has 0 unspecified atom stereocenters. The molecule has 36 heavy (non-hydrogen) atoms. The number of carbonyl (C=O) groups is 1. The van der Waals surface area contributed by atoms with Gasteiger partial charge in [-0.3, -0.25) is 24.5 Å². The molecule has 4 heterocycles. The minimum atomic E-state index is -2.85. The minimum absolute atomic E-state index is 0.0249. The largest absolute Gasteiger partial charge is 0.296 e. The first kappa shape index (κ1) is 23.7. The second kappa shape index (κ2) is 9.93. The van der Waals surface area contributed by atoms with Crippen LogP contribution in [0.5, 0.6) is 0 Å². The molecular formula is C24H15ClF2N6O2S. The van der Waals surface area contributed by atoms with Crippen LogP contribution in [0.15, 0.2) is 53.7 Å². The average Bonchev–Trinajstić information content (AvgIpc) is 3.60. The van der Waals surface area contributed by atoms with Crippen LogP contribution in [0, 0.1) is 17.8 Å². The first-order chi connectivity index (χ1) is 17.4. The molecule has 0 radical (unpaired) electrons. The number of amides is 1. The van der Waals surface area contributed by atoms with E-state index < -0.39 is 18.0 Å². The van der Waals surface area contributed by atoms with Crippen LogP contribution in [0.2, 0.25) is 5.02 Å².